The number of carboxylic acid groups (broad SMARTS) is 1. The van der Waals surface area contributed by atoms with E-state index in [4.69, 9.17) is 4.42 Å². The monoisotopic (exact) mass is 374 g/mol. The standard InChI is InChI=1S/C20H22N2O3.ClH/c1-21(2)13-5-7-16-15(9-10-20(23)24)17-8-6-14(22(3)4)12-19(17)25-18(16)11-13;/h5-8,11-12H,9-10H2,1-4H3;1H. The number of nitrogens with zero attached hydrogens (tertiary/aromatic N) is 2. The lowest BCUT2D eigenvalue weighted by Crippen LogP contribution is -2.23. The van der Waals surface area contributed by atoms with E-state index < -0.39 is 5.97 Å². The molecule has 1 heterocycles. The normalized spacial score (nSPS) is 10.6. The highest BCUT2D eigenvalue weighted by Crippen LogP contribution is 2.34. The largest absolute Gasteiger partial charge is 0.550 e. The first-order valence-corrected chi connectivity index (χ1v) is 8.24. The van der Waals surface area contributed by atoms with Crippen molar-refractivity contribution in [2.75, 3.05) is 33.1 Å². The van der Waals surface area contributed by atoms with Gasteiger partial charge in [0, 0.05) is 48.8 Å². The van der Waals surface area contributed by atoms with Gasteiger partial charge in [-0.25, -0.2) is 4.58 Å². The van der Waals surface area contributed by atoms with E-state index >= 15 is 0 Å². The van der Waals surface area contributed by atoms with Crippen LogP contribution in [0.25, 0.3) is 22.3 Å². The van der Waals surface area contributed by atoms with Gasteiger partial charge < -0.3 is 19.2 Å². The van der Waals surface area contributed by atoms with Crippen molar-refractivity contribution < 1.29 is 14.3 Å². The quantitative estimate of drug-likeness (QED) is 0.515. The van der Waals surface area contributed by atoms with Crippen LogP contribution in [0, 0.1) is 0 Å². The maximum atomic E-state index is 11.0. The first kappa shape index (κ1) is 19.8. The number of aryl methyl sites for hydroxylation is 1. The number of hydrogen-bond acceptors (Lipinski definition) is 4. The Morgan fingerprint density at radius 3 is 2.50 bits per heavy atom. The smallest absolute Gasteiger partial charge is 0.203 e. The van der Waals surface area contributed by atoms with Gasteiger partial charge in [0.15, 0.2) is 0 Å². The van der Waals surface area contributed by atoms with Crippen LogP contribution in [0.15, 0.2) is 40.8 Å². The van der Waals surface area contributed by atoms with Crippen LogP contribution < -0.4 is 19.9 Å². The van der Waals surface area contributed by atoms with E-state index in [9.17, 15) is 9.90 Å². The Kier molecular flexibility index (Phi) is 5.93. The van der Waals surface area contributed by atoms with Gasteiger partial charge in [0.2, 0.25) is 5.36 Å². The minimum absolute atomic E-state index is 0. The van der Waals surface area contributed by atoms with Gasteiger partial charge >= 0.3 is 0 Å². The van der Waals surface area contributed by atoms with E-state index in [0.29, 0.717) is 6.42 Å². The van der Waals surface area contributed by atoms with Crippen molar-refractivity contribution in [3.8, 4) is 11.3 Å². The number of carboxylic acids is 1. The van der Waals surface area contributed by atoms with Gasteiger partial charge in [-0.2, -0.15) is 0 Å². The van der Waals surface area contributed by atoms with Gasteiger partial charge in [-0.15, -0.1) is 12.4 Å². The molecular weight excluding hydrogens is 352 g/mol. The molecule has 0 atom stereocenters. The van der Waals surface area contributed by atoms with Gasteiger partial charge in [0.1, 0.15) is 25.4 Å². The highest BCUT2D eigenvalue weighted by Gasteiger charge is 2.17. The minimum Gasteiger partial charge on any atom is -0.550 e. The average Bonchev–Trinajstić information content (AvgIpc) is 2.57. The van der Waals surface area contributed by atoms with Crippen LogP contribution in [0.2, 0.25) is 0 Å². The van der Waals surface area contributed by atoms with Gasteiger partial charge in [0.05, 0.1) is 6.07 Å². The molecule has 26 heavy (non-hydrogen) atoms. The molecular formula is C20H23ClN2O3. The Bertz CT molecular complexity index is 988. The lowest BCUT2D eigenvalue weighted by Gasteiger charge is -2.17. The molecule has 138 valence electrons. The maximum absolute atomic E-state index is 11.0. The average molecular weight is 375 g/mol. The SMILES string of the molecule is CN(C)c1ccc2c(CCC(=O)[O-])c3ccc(=[N+](C)C)cc-3oc2c1.Cl. The molecule has 1 aromatic rings. The van der Waals surface area contributed by atoms with Crippen molar-refractivity contribution in [3.63, 3.8) is 0 Å². The topological polar surface area (TPSA) is 59.5 Å². The number of fused-ring (bicyclic) bond motifs is 2. The van der Waals surface area contributed by atoms with Crippen LogP contribution in [0.3, 0.4) is 0 Å². The van der Waals surface area contributed by atoms with Crippen molar-refractivity contribution in [2.45, 2.75) is 12.8 Å². The molecule has 0 bridgehead atoms. The third-order valence-corrected chi connectivity index (χ3v) is 4.41. The summed E-state index contributed by atoms with van der Waals surface area (Å²) in [6.07, 6.45) is 0.396. The Labute approximate surface area is 158 Å². The maximum Gasteiger partial charge on any atom is 0.203 e. The Morgan fingerprint density at radius 1 is 1.15 bits per heavy atom. The van der Waals surface area contributed by atoms with E-state index in [1.54, 1.807) is 0 Å². The van der Waals surface area contributed by atoms with Gasteiger partial charge in [-0.3, -0.25) is 0 Å². The fourth-order valence-electron chi connectivity index (χ4n) is 3.01. The summed E-state index contributed by atoms with van der Waals surface area (Å²) in [5, 5.41) is 13.0. The fraction of sp³-hybridized carbons (Fsp3) is 0.300. The second-order valence-electron chi connectivity index (χ2n) is 6.60. The summed E-state index contributed by atoms with van der Waals surface area (Å²) in [4.78, 5) is 13.0. The van der Waals surface area contributed by atoms with Crippen LogP contribution in [0.1, 0.15) is 12.0 Å². The zero-order valence-electron chi connectivity index (χ0n) is 15.4. The molecule has 0 fully saturated rings. The van der Waals surface area contributed by atoms with E-state index in [2.05, 4.69) is 0 Å². The molecule has 0 N–H and O–H groups in total. The molecule has 1 aliphatic carbocycles. The number of carbonyl (C=O) groups is 1. The summed E-state index contributed by atoms with van der Waals surface area (Å²) in [6, 6.07) is 12.0. The van der Waals surface area contributed by atoms with Crippen LogP contribution in [-0.4, -0.2) is 34.2 Å². The van der Waals surface area contributed by atoms with Crippen molar-refractivity contribution in [1.82, 2.24) is 4.58 Å². The number of rotatable bonds is 4. The zero-order valence-corrected chi connectivity index (χ0v) is 16.2. The summed E-state index contributed by atoms with van der Waals surface area (Å²) in [7, 11) is 7.90. The van der Waals surface area contributed by atoms with E-state index in [0.717, 1.165) is 38.9 Å². The van der Waals surface area contributed by atoms with Gasteiger partial charge in [-0.05, 0) is 36.6 Å². The molecule has 1 aliphatic heterocycles. The predicted octanol–water partition coefficient (Wildman–Crippen LogP) is 1.74. The second kappa shape index (κ2) is 7.79. The summed E-state index contributed by atoms with van der Waals surface area (Å²) in [5.74, 6) is -0.292. The summed E-state index contributed by atoms with van der Waals surface area (Å²) >= 11 is 0. The van der Waals surface area contributed by atoms with Crippen molar-refractivity contribution >= 4 is 35.0 Å². The van der Waals surface area contributed by atoms with Crippen molar-refractivity contribution in [2.24, 2.45) is 0 Å². The zero-order chi connectivity index (χ0) is 18.1. The number of carbonyl (C=O) groups excluding carboxylic acids is 1. The van der Waals surface area contributed by atoms with Gasteiger partial charge in [-0.1, -0.05) is 0 Å². The van der Waals surface area contributed by atoms with E-state index in [1.165, 1.54) is 0 Å². The number of aliphatic carboxylic acids is 1. The number of halogens is 1. The molecule has 0 radical (unpaired) electrons. The first-order valence-electron chi connectivity index (χ1n) is 8.24. The van der Waals surface area contributed by atoms with E-state index in [-0.39, 0.29) is 18.8 Å². The highest BCUT2D eigenvalue weighted by molar-refractivity contribution is 5.90. The third-order valence-electron chi connectivity index (χ3n) is 4.41. The van der Waals surface area contributed by atoms with Crippen molar-refractivity contribution in [3.05, 3.63) is 47.3 Å². The summed E-state index contributed by atoms with van der Waals surface area (Å²) in [5.41, 5.74) is 3.71. The van der Waals surface area contributed by atoms with Gasteiger partial charge in [0.25, 0.3) is 0 Å². The number of anilines is 1. The second-order valence-corrected chi connectivity index (χ2v) is 6.60. The third kappa shape index (κ3) is 3.83. The highest BCUT2D eigenvalue weighted by atomic mass is 35.5. The fourth-order valence-corrected chi connectivity index (χ4v) is 3.01. The molecule has 0 saturated carbocycles. The molecule has 0 aromatic heterocycles. The Morgan fingerprint density at radius 2 is 1.88 bits per heavy atom. The first-order chi connectivity index (χ1) is 11.9. The van der Waals surface area contributed by atoms with Crippen LogP contribution in [-0.2, 0) is 11.2 Å². The molecule has 5 nitrogen and oxygen atoms in total. The lowest BCUT2D eigenvalue weighted by molar-refractivity contribution is -0.305. The molecule has 0 unspecified atom stereocenters. The van der Waals surface area contributed by atoms with E-state index in [1.807, 2.05) is 74.1 Å². The van der Waals surface area contributed by atoms with Crippen LogP contribution >= 0.6 is 12.4 Å². The summed E-state index contributed by atoms with van der Waals surface area (Å²) in [6.45, 7) is 0. The lowest BCUT2D eigenvalue weighted by atomic mass is 9.96. The molecule has 0 saturated heterocycles. The molecule has 1 aromatic carbocycles. The molecule has 0 amide bonds. The molecule has 3 rings (SSSR count). The van der Waals surface area contributed by atoms with Crippen LogP contribution in [0.4, 0.5) is 5.69 Å². The number of hydrogen-bond donors (Lipinski definition) is 0. The van der Waals surface area contributed by atoms with Crippen molar-refractivity contribution in [1.29, 1.82) is 0 Å². The number of benzene rings is 2. The molecule has 6 heteroatoms. The molecule has 2 aliphatic rings. The Balaban J connectivity index is 0.00000243. The molecule has 0 spiro atoms. The van der Waals surface area contributed by atoms with Crippen LogP contribution in [0.5, 0.6) is 0 Å². The summed E-state index contributed by atoms with van der Waals surface area (Å²) < 4.78 is 8.17. The Hall–Kier alpha value is -2.53. The minimum atomic E-state index is -1.04. The predicted molar refractivity (Wildman–Crippen MR) is 105 cm³/mol.